The lowest BCUT2D eigenvalue weighted by atomic mass is 10.1. The van der Waals surface area contributed by atoms with Gasteiger partial charge in [0, 0.05) is 37.4 Å². The molecule has 1 N–H and O–H groups in total. The van der Waals surface area contributed by atoms with Crippen LogP contribution in [0.5, 0.6) is 5.75 Å². The molecule has 0 radical (unpaired) electrons. The van der Waals surface area contributed by atoms with E-state index in [2.05, 4.69) is 28.2 Å². The monoisotopic (exact) mass is 345 g/mol. The molecule has 1 aliphatic rings. The number of anilines is 1. The van der Waals surface area contributed by atoms with Gasteiger partial charge in [-0.25, -0.2) is 9.37 Å². The average Bonchev–Trinajstić information content (AvgIpc) is 2.67. The second-order valence-corrected chi connectivity index (χ2v) is 6.08. The summed E-state index contributed by atoms with van der Waals surface area (Å²) in [7, 11) is 1.48. The first-order valence-electron chi connectivity index (χ1n) is 8.52. The van der Waals surface area contributed by atoms with Crippen LogP contribution in [0.4, 0.5) is 10.2 Å². The van der Waals surface area contributed by atoms with E-state index < -0.39 is 0 Å². The molecule has 6 heteroatoms. The van der Waals surface area contributed by atoms with Crippen LogP contribution in [0.15, 0.2) is 36.5 Å². The number of benzene rings is 1. The van der Waals surface area contributed by atoms with E-state index in [9.17, 15) is 4.39 Å². The molecule has 2 aromatic rings. The number of nitrogens with one attached hydrogen (secondary N) is 1. The zero-order valence-corrected chi connectivity index (χ0v) is 14.7. The van der Waals surface area contributed by atoms with Crippen LogP contribution in [0.2, 0.25) is 0 Å². The first-order chi connectivity index (χ1) is 12.2. The van der Waals surface area contributed by atoms with E-state index in [4.69, 9.17) is 9.47 Å². The van der Waals surface area contributed by atoms with E-state index in [1.807, 2.05) is 12.3 Å². The molecule has 1 fully saturated rings. The van der Waals surface area contributed by atoms with Crippen LogP contribution < -0.4 is 15.0 Å². The summed E-state index contributed by atoms with van der Waals surface area (Å²) in [4.78, 5) is 6.81. The molecule has 1 saturated heterocycles. The predicted octanol–water partition coefficient (Wildman–Crippen LogP) is 2.92. The maximum absolute atomic E-state index is 13.6. The third-order valence-electron chi connectivity index (χ3n) is 4.45. The topological polar surface area (TPSA) is 46.6 Å². The maximum Gasteiger partial charge on any atom is 0.165 e. The van der Waals surface area contributed by atoms with Gasteiger partial charge in [-0.05, 0) is 30.7 Å². The number of rotatable bonds is 6. The fourth-order valence-electron chi connectivity index (χ4n) is 2.95. The zero-order valence-electron chi connectivity index (χ0n) is 14.7. The summed E-state index contributed by atoms with van der Waals surface area (Å²) >= 11 is 0. The molecule has 3 rings (SSSR count). The molecule has 0 saturated carbocycles. The van der Waals surface area contributed by atoms with Crippen LogP contribution in [0, 0.1) is 5.82 Å². The number of hydrogen-bond donors (Lipinski definition) is 1. The fourth-order valence-corrected chi connectivity index (χ4v) is 2.95. The van der Waals surface area contributed by atoms with E-state index >= 15 is 0 Å². The van der Waals surface area contributed by atoms with Gasteiger partial charge < -0.3 is 19.7 Å². The predicted molar refractivity (Wildman–Crippen MR) is 95.5 cm³/mol. The Morgan fingerprint density at radius 3 is 2.88 bits per heavy atom. The summed E-state index contributed by atoms with van der Waals surface area (Å²) in [6.07, 6.45) is 1.82. The first kappa shape index (κ1) is 17.6. The van der Waals surface area contributed by atoms with E-state index in [0.717, 1.165) is 43.2 Å². The molecule has 5 nitrogen and oxygen atoms in total. The van der Waals surface area contributed by atoms with Gasteiger partial charge in [0.05, 0.1) is 20.3 Å². The van der Waals surface area contributed by atoms with Crippen molar-refractivity contribution < 1.29 is 13.9 Å². The van der Waals surface area contributed by atoms with E-state index in [1.54, 1.807) is 12.1 Å². The van der Waals surface area contributed by atoms with Crippen molar-refractivity contribution in [2.24, 2.45) is 0 Å². The molecule has 1 aliphatic heterocycles. The number of ether oxygens (including phenoxy) is 2. The van der Waals surface area contributed by atoms with Gasteiger partial charge in [-0.15, -0.1) is 0 Å². The van der Waals surface area contributed by atoms with Crippen LogP contribution in [0.3, 0.4) is 0 Å². The number of aromatic nitrogens is 1. The van der Waals surface area contributed by atoms with Crippen LogP contribution in [-0.4, -0.2) is 38.4 Å². The quantitative estimate of drug-likeness (QED) is 0.872. The van der Waals surface area contributed by atoms with Crippen molar-refractivity contribution in [3.63, 3.8) is 0 Å². The second kappa shape index (κ2) is 8.27. The second-order valence-electron chi connectivity index (χ2n) is 6.08. The number of pyridine rings is 1. The number of hydrogen-bond acceptors (Lipinski definition) is 5. The lowest BCUT2D eigenvalue weighted by Crippen LogP contribution is -2.37. The Morgan fingerprint density at radius 2 is 2.12 bits per heavy atom. The minimum absolute atomic E-state index is 0.0623. The van der Waals surface area contributed by atoms with Gasteiger partial charge in [-0.2, -0.15) is 0 Å². The Balaban J connectivity index is 1.69. The molecule has 2 heterocycles. The van der Waals surface area contributed by atoms with Crippen molar-refractivity contribution in [1.82, 2.24) is 10.3 Å². The SMILES string of the molecule is COc1cc([C@@H](C)NCc2cccnc2N2CCOCC2)ccc1F. The lowest BCUT2D eigenvalue weighted by Gasteiger charge is -2.29. The van der Waals surface area contributed by atoms with Gasteiger partial charge in [0.25, 0.3) is 0 Å². The molecule has 0 spiro atoms. The molecule has 0 bridgehead atoms. The van der Waals surface area contributed by atoms with Gasteiger partial charge >= 0.3 is 0 Å². The highest BCUT2D eigenvalue weighted by Gasteiger charge is 2.16. The van der Waals surface area contributed by atoms with Gasteiger partial charge in [-0.3, -0.25) is 0 Å². The molecule has 0 amide bonds. The van der Waals surface area contributed by atoms with E-state index in [0.29, 0.717) is 6.54 Å². The summed E-state index contributed by atoms with van der Waals surface area (Å²) in [6, 6.07) is 9.05. The molecule has 0 aliphatic carbocycles. The maximum atomic E-state index is 13.6. The molecule has 1 aromatic carbocycles. The molecule has 1 aromatic heterocycles. The van der Waals surface area contributed by atoms with Crippen molar-refractivity contribution in [2.75, 3.05) is 38.3 Å². The molecule has 134 valence electrons. The number of nitrogens with zero attached hydrogens (tertiary/aromatic N) is 2. The number of methoxy groups -OCH3 is 1. The van der Waals surface area contributed by atoms with Crippen molar-refractivity contribution in [3.05, 3.63) is 53.5 Å². The summed E-state index contributed by atoms with van der Waals surface area (Å²) < 4.78 is 24.1. The normalized spacial score (nSPS) is 15.9. The van der Waals surface area contributed by atoms with Crippen LogP contribution in [0.1, 0.15) is 24.1 Å². The molecule has 25 heavy (non-hydrogen) atoms. The third kappa shape index (κ3) is 4.27. The minimum Gasteiger partial charge on any atom is -0.494 e. The fraction of sp³-hybridized carbons (Fsp3) is 0.421. The number of morpholine rings is 1. The van der Waals surface area contributed by atoms with Gasteiger partial charge in [0.15, 0.2) is 11.6 Å². The van der Waals surface area contributed by atoms with Gasteiger partial charge in [-0.1, -0.05) is 12.1 Å². The molecular formula is C19H24FN3O2. The summed E-state index contributed by atoms with van der Waals surface area (Å²) in [5.74, 6) is 0.920. The summed E-state index contributed by atoms with van der Waals surface area (Å²) in [5, 5.41) is 3.49. The van der Waals surface area contributed by atoms with Crippen LogP contribution >= 0.6 is 0 Å². The standard InChI is InChI=1S/C19H24FN3O2/c1-14(15-5-6-17(20)18(12-15)24-2)22-13-16-4-3-7-21-19(16)23-8-10-25-11-9-23/h3-7,12,14,22H,8-11,13H2,1-2H3/t14-/m1/s1. The van der Waals surface area contributed by atoms with E-state index in [1.165, 1.54) is 13.2 Å². The molecule has 0 unspecified atom stereocenters. The van der Waals surface area contributed by atoms with Crippen molar-refractivity contribution >= 4 is 5.82 Å². The van der Waals surface area contributed by atoms with Gasteiger partial charge in [0.1, 0.15) is 5.82 Å². The smallest absolute Gasteiger partial charge is 0.165 e. The highest BCUT2D eigenvalue weighted by Crippen LogP contribution is 2.24. The summed E-state index contributed by atoms with van der Waals surface area (Å²) in [5.41, 5.74) is 2.13. The minimum atomic E-state index is -0.347. The Bertz CT molecular complexity index is 705. The van der Waals surface area contributed by atoms with Crippen molar-refractivity contribution in [3.8, 4) is 5.75 Å². The Labute approximate surface area is 147 Å². The highest BCUT2D eigenvalue weighted by atomic mass is 19.1. The van der Waals surface area contributed by atoms with Gasteiger partial charge in [0.2, 0.25) is 0 Å². The number of halogens is 1. The molecule has 1 atom stereocenters. The van der Waals surface area contributed by atoms with Crippen molar-refractivity contribution in [1.29, 1.82) is 0 Å². The Morgan fingerprint density at radius 1 is 1.32 bits per heavy atom. The third-order valence-corrected chi connectivity index (χ3v) is 4.45. The first-order valence-corrected chi connectivity index (χ1v) is 8.52. The lowest BCUT2D eigenvalue weighted by molar-refractivity contribution is 0.122. The largest absolute Gasteiger partial charge is 0.494 e. The molecular weight excluding hydrogens is 321 g/mol. The summed E-state index contributed by atoms with van der Waals surface area (Å²) in [6.45, 7) is 5.91. The zero-order chi connectivity index (χ0) is 17.6. The Hall–Kier alpha value is -2.18. The van der Waals surface area contributed by atoms with Crippen LogP contribution in [-0.2, 0) is 11.3 Å². The highest BCUT2D eigenvalue weighted by molar-refractivity contribution is 5.47. The average molecular weight is 345 g/mol. The van der Waals surface area contributed by atoms with Crippen LogP contribution in [0.25, 0.3) is 0 Å². The van der Waals surface area contributed by atoms with Crippen molar-refractivity contribution in [2.45, 2.75) is 19.5 Å². The van der Waals surface area contributed by atoms with E-state index in [-0.39, 0.29) is 17.6 Å². The Kier molecular flexibility index (Phi) is 5.83.